The van der Waals surface area contributed by atoms with Crippen molar-refractivity contribution in [2.75, 3.05) is 0 Å². The number of hydrogen-bond acceptors (Lipinski definition) is 1. The van der Waals surface area contributed by atoms with Gasteiger partial charge in [0, 0.05) is 21.7 Å². The molecule has 1 aromatic carbocycles. The number of benzene rings is 1. The van der Waals surface area contributed by atoms with Crippen LogP contribution in [0.15, 0.2) is 18.2 Å². The Morgan fingerprint density at radius 2 is 1.86 bits per heavy atom. The molecule has 0 heterocycles. The van der Waals surface area contributed by atoms with E-state index in [1.807, 2.05) is 18.2 Å². The summed E-state index contributed by atoms with van der Waals surface area (Å²) >= 11 is 12.1. The maximum absolute atomic E-state index is 6.07. The third kappa shape index (κ3) is 2.22. The SMILES string of the molecule is N[C@H](CC1CC1)c1c(Cl)cccc1Cl. The van der Waals surface area contributed by atoms with Crippen LogP contribution >= 0.6 is 23.2 Å². The van der Waals surface area contributed by atoms with E-state index in [2.05, 4.69) is 0 Å². The van der Waals surface area contributed by atoms with Crippen molar-refractivity contribution in [3.05, 3.63) is 33.8 Å². The summed E-state index contributed by atoms with van der Waals surface area (Å²) in [5.41, 5.74) is 6.97. The van der Waals surface area contributed by atoms with E-state index in [0.29, 0.717) is 10.0 Å². The Hall–Kier alpha value is -0.240. The predicted molar refractivity (Wildman–Crippen MR) is 60.7 cm³/mol. The summed E-state index contributed by atoms with van der Waals surface area (Å²) in [6.45, 7) is 0. The molecule has 0 unspecified atom stereocenters. The average Bonchev–Trinajstić information content (AvgIpc) is 2.87. The predicted octanol–water partition coefficient (Wildman–Crippen LogP) is 3.79. The van der Waals surface area contributed by atoms with Crippen molar-refractivity contribution in [2.45, 2.75) is 25.3 Å². The standard InChI is InChI=1S/C11H13Cl2N/c12-8-2-1-3-9(13)11(8)10(14)6-7-4-5-7/h1-3,7,10H,4-6,14H2/t10-/m1/s1. The summed E-state index contributed by atoms with van der Waals surface area (Å²) in [5, 5.41) is 1.37. The molecule has 1 aliphatic rings. The van der Waals surface area contributed by atoms with Crippen LogP contribution in [-0.4, -0.2) is 0 Å². The van der Waals surface area contributed by atoms with E-state index in [1.165, 1.54) is 12.8 Å². The van der Waals surface area contributed by atoms with Gasteiger partial charge in [0.2, 0.25) is 0 Å². The monoisotopic (exact) mass is 229 g/mol. The Labute approximate surface area is 94.2 Å². The van der Waals surface area contributed by atoms with Crippen molar-refractivity contribution in [2.24, 2.45) is 11.7 Å². The summed E-state index contributed by atoms with van der Waals surface area (Å²) in [5.74, 6) is 0.789. The van der Waals surface area contributed by atoms with Crippen molar-refractivity contribution < 1.29 is 0 Å². The molecule has 1 nitrogen and oxygen atoms in total. The molecule has 2 N–H and O–H groups in total. The molecule has 1 fully saturated rings. The Kier molecular flexibility index (Phi) is 3.01. The molecule has 14 heavy (non-hydrogen) atoms. The maximum Gasteiger partial charge on any atom is 0.0468 e. The first-order valence-electron chi connectivity index (χ1n) is 4.88. The van der Waals surface area contributed by atoms with Gasteiger partial charge in [-0.05, 0) is 24.5 Å². The van der Waals surface area contributed by atoms with Crippen molar-refractivity contribution in [3.63, 3.8) is 0 Å². The fourth-order valence-electron chi connectivity index (χ4n) is 1.70. The Morgan fingerprint density at radius 3 is 2.36 bits per heavy atom. The number of rotatable bonds is 3. The first-order valence-corrected chi connectivity index (χ1v) is 5.63. The summed E-state index contributed by atoms with van der Waals surface area (Å²) in [6.07, 6.45) is 3.61. The third-order valence-electron chi connectivity index (χ3n) is 2.65. The van der Waals surface area contributed by atoms with Gasteiger partial charge in [-0.1, -0.05) is 42.1 Å². The van der Waals surface area contributed by atoms with Gasteiger partial charge in [0.05, 0.1) is 0 Å². The van der Waals surface area contributed by atoms with E-state index in [9.17, 15) is 0 Å². The van der Waals surface area contributed by atoms with Crippen LogP contribution in [0.1, 0.15) is 30.9 Å². The van der Waals surface area contributed by atoms with Gasteiger partial charge in [0.25, 0.3) is 0 Å². The van der Waals surface area contributed by atoms with Gasteiger partial charge < -0.3 is 5.73 Å². The fourth-order valence-corrected chi connectivity index (χ4v) is 2.37. The molecule has 1 aliphatic carbocycles. The van der Waals surface area contributed by atoms with Gasteiger partial charge in [0.1, 0.15) is 0 Å². The first-order chi connectivity index (χ1) is 6.68. The van der Waals surface area contributed by atoms with Crippen LogP contribution in [0.4, 0.5) is 0 Å². The van der Waals surface area contributed by atoms with Gasteiger partial charge in [-0.15, -0.1) is 0 Å². The summed E-state index contributed by atoms with van der Waals surface area (Å²) < 4.78 is 0. The highest BCUT2D eigenvalue weighted by Crippen LogP contribution is 2.39. The lowest BCUT2D eigenvalue weighted by molar-refractivity contribution is 0.597. The van der Waals surface area contributed by atoms with Crippen molar-refractivity contribution in [3.8, 4) is 0 Å². The highest BCUT2D eigenvalue weighted by Gasteiger charge is 2.26. The summed E-state index contributed by atoms with van der Waals surface area (Å²) in [4.78, 5) is 0. The van der Waals surface area contributed by atoms with Crippen LogP contribution < -0.4 is 5.73 Å². The topological polar surface area (TPSA) is 26.0 Å². The molecule has 1 saturated carbocycles. The minimum absolute atomic E-state index is 0.0105. The zero-order valence-corrected chi connectivity index (χ0v) is 9.35. The summed E-state index contributed by atoms with van der Waals surface area (Å²) in [6, 6.07) is 5.52. The van der Waals surface area contributed by atoms with Crippen LogP contribution in [0.3, 0.4) is 0 Å². The maximum atomic E-state index is 6.07. The lowest BCUT2D eigenvalue weighted by Crippen LogP contribution is -2.12. The van der Waals surface area contributed by atoms with E-state index >= 15 is 0 Å². The average molecular weight is 230 g/mol. The normalized spacial score (nSPS) is 18.2. The van der Waals surface area contributed by atoms with E-state index in [-0.39, 0.29) is 6.04 Å². The Bertz CT molecular complexity index is 314. The molecule has 76 valence electrons. The van der Waals surface area contributed by atoms with Gasteiger partial charge >= 0.3 is 0 Å². The van der Waals surface area contributed by atoms with E-state index in [1.54, 1.807) is 0 Å². The van der Waals surface area contributed by atoms with E-state index < -0.39 is 0 Å². The molecule has 0 amide bonds. The van der Waals surface area contributed by atoms with Crippen molar-refractivity contribution >= 4 is 23.2 Å². The molecular formula is C11H13Cl2N. The fraction of sp³-hybridized carbons (Fsp3) is 0.455. The molecule has 1 aromatic rings. The molecule has 0 radical (unpaired) electrons. The van der Waals surface area contributed by atoms with Crippen LogP contribution in [0.2, 0.25) is 10.0 Å². The van der Waals surface area contributed by atoms with Gasteiger partial charge in [-0.25, -0.2) is 0 Å². The van der Waals surface area contributed by atoms with Crippen molar-refractivity contribution in [1.29, 1.82) is 0 Å². The highest BCUT2D eigenvalue weighted by atomic mass is 35.5. The van der Waals surface area contributed by atoms with Crippen molar-refractivity contribution in [1.82, 2.24) is 0 Å². The number of nitrogens with two attached hydrogens (primary N) is 1. The summed E-state index contributed by atoms with van der Waals surface area (Å²) in [7, 11) is 0. The third-order valence-corrected chi connectivity index (χ3v) is 3.31. The van der Waals surface area contributed by atoms with Crippen LogP contribution in [0.5, 0.6) is 0 Å². The van der Waals surface area contributed by atoms with Crippen LogP contribution in [0, 0.1) is 5.92 Å². The molecule has 0 saturated heterocycles. The van der Waals surface area contributed by atoms with Gasteiger partial charge in [-0.3, -0.25) is 0 Å². The zero-order valence-electron chi connectivity index (χ0n) is 7.84. The van der Waals surface area contributed by atoms with Gasteiger partial charge in [0.15, 0.2) is 0 Å². The molecule has 2 rings (SSSR count). The van der Waals surface area contributed by atoms with E-state index in [4.69, 9.17) is 28.9 Å². The highest BCUT2D eigenvalue weighted by molar-refractivity contribution is 6.36. The van der Waals surface area contributed by atoms with Crippen LogP contribution in [0.25, 0.3) is 0 Å². The minimum Gasteiger partial charge on any atom is -0.324 e. The second-order valence-electron chi connectivity index (χ2n) is 3.92. The van der Waals surface area contributed by atoms with Gasteiger partial charge in [-0.2, -0.15) is 0 Å². The quantitative estimate of drug-likeness (QED) is 0.839. The molecule has 1 atom stereocenters. The molecule has 0 bridgehead atoms. The lowest BCUT2D eigenvalue weighted by atomic mass is 10.0. The largest absolute Gasteiger partial charge is 0.324 e. The number of halogens is 2. The molecule has 0 aliphatic heterocycles. The molecule has 0 spiro atoms. The molecule has 3 heteroatoms. The lowest BCUT2D eigenvalue weighted by Gasteiger charge is -2.14. The second-order valence-corrected chi connectivity index (χ2v) is 4.74. The zero-order chi connectivity index (χ0) is 10.1. The minimum atomic E-state index is -0.0105. The smallest absolute Gasteiger partial charge is 0.0468 e. The number of hydrogen-bond donors (Lipinski definition) is 1. The Morgan fingerprint density at radius 1 is 1.29 bits per heavy atom. The van der Waals surface area contributed by atoms with E-state index in [0.717, 1.165) is 17.9 Å². The first kappa shape index (κ1) is 10.3. The second kappa shape index (κ2) is 4.09. The molecule has 0 aromatic heterocycles. The Balaban J connectivity index is 2.19. The molecular weight excluding hydrogens is 217 g/mol. The van der Waals surface area contributed by atoms with Crippen LogP contribution in [-0.2, 0) is 0 Å².